The van der Waals surface area contributed by atoms with Gasteiger partial charge in [-0.15, -0.1) is 0 Å². The highest BCUT2D eigenvalue weighted by Crippen LogP contribution is 2.13. The number of anilines is 1. The highest BCUT2D eigenvalue weighted by atomic mass is 16.1. The Morgan fingerprint density at radius 3 is 2.15 bits per heavy atom. The minimum absolute atomic E-state index is 0.173. The van der Waals surface area contributed by atoms with Crippen molar-refractivity contribution >= 4 is 11.6 Å². The van der Waals surface area contributed by atoms with Gasteiger partial charge in [0.05, 0.1) is 0 Å². The van der Waals surface area contributed by atoms with Gasteiger partial charge in [-0.3, -0.25) is 9.78 Å². The first-order valence-corrected chi connectivity index (χ1v) is 8.70. The van der Waals surface area contributed by atoms with Crippen molar-refractivity contribution in [2.24, 2.45) is 0 Å². The summed E-state index contributed by atoms with van der Waals surface area (Å²) in [6.07, 6.45) is 1.66. The zero-order chi connectivity index (χ0) is 18.4. The van der Waals surface area contributed by atoms with Gasteiger partial charge in [-0.2, -0.15) is 0 Å². The van der Waals surface area contributed by atoms with E-state index < -0.39 is 0 Å². The Balaban J connectivity index is 1.62. The summed E-state index contributed by atoms with van der Waals surface area (Å²) < 4.78 is 0. The number of carbonyl (C=O) groups is 1. The highest BCUT2D eigenvalue weighted by Gasteiger charge is 2.08. The Hall–Kier alpha value is -3.14. The Morgan fingerprint density at radius 2 is 1.50 bits per heavy atom. The van der Waals surface area contributed by atoms with Crippen LogP contribution < -0.4 is 10.6 Å². The van der Waals surface area contributed by atoms with E-state index in [9.17, 15) is 4.79 Å². The number of hydrogen-bond donors (Lipinski definition) is 2. The van der Waals surface area contributed by atoms with Crippen molar-refractivity contribution in [1.29, 1.82) is 0 Å². The van der Waals surface area contributed by atoms with Crippen LogP contribution in [0.3, 0.4) is 0 Å². The first kappa shape index (κ1) is 17.7. The zero-order valence-corrected chi connectivity index (χ0v) is 15.1. The van der Waals surface area contributed by atoms with Crippen LogP contribution in [0, 0.1) is 13.8 Å². The number of hydrogen-bond acceptors (Lipinski definition) is 3. The van der Waals surface area contributed by atoms with Crippen LogP contribution in [0.5, 0.6) is 0 Å². The largest absolute Gasteiger partial charge is 0.381 e. The standard InChI is InChI=1S/C22H23N3O/c1-16-7-3-5-9-18(16)14-24-20-11-12-23-21(13-20)22(26)25-15-19-10-6-4-8-17(19)2/h3-13H,14-15H2,1-2H3,(H,23,24)(H,25,26). The molecule has 0 aliphatic carbocycles. The molecular weight excluding hydrogens is 322 g/mol. The van der Waals surface area contributed by atoms with Gasteiger partial charge in [0.15, 0.2) is 0 Å². The molecule has 26 heavy (non-hydrogen) atoms. The molecule has 0 fully saturated rings. The molecule has 4 nitrogen and oxygen atoms in total. The maximum absolute atomic E-state index is 12.4. The third-order valence-electron chi connectivity index (χ3n) is 4.44. The predicted molar refractivity (Wildman–Crippen MR) is 105 cm³/mol. The molecule has 0 unspecified atom stereocenters. The average molecular weight is 345 g/mol. The smallest absolute Gasteiger partial charge is 0.270 e. The van der Waals surface area contributed by atoms with E-state index in [1.54, 1.807) is 12.3 Å². The molecule has 2 N–H and O–H groups in total. The third-order valence-corrected chi connectivity index (χ3v) is 4.44. The van der Waals surface area contributed by atoms with Gasteiger partial charge in [0.2, 0.25) is 0 Å². The fraction of sp³-hybridized carbons (Fsp3) is 0.182. The Bertz CT molecular complexity index is 905. The number of rotatable bonds is 6. The molecule has 4 heteroatoms. The summed E-state index contributed by atoms with van der Waals surface area (Å²) in [5.41, 5.74) is 6.03. The second-order valence-corrected chi connectivity index (χ2v) is 6.32. The Labute approximate surface area is 154 Å². The van der Waals surface area contributed by atoms with Gasteiger partial charge in [0.25, 0.3) is 5.91 Å². The minimum atomic E-state index is -0.173. The SMILES string of the molecule is Cc1ccccc1CNC(=O)c1cc(NCc2ccccc2C)ccn1. The van der Waals surface area contributed by atoms with E-state index in [4.69, 9.17) is 0 Å². The second kappa shape index (κ2) is 8.30. The number of amides is 1. The summed E-state index contributed by atoms with van der Waals surface area (Å²) in [4.78, 5) is 16.6. The third kappa shape index (κ3) is 4.48. The van der Waals surface area contributed by atoms with E-state index in [1.807, 2.05) is 49.4 Å². The van der Waals surface area contributed by atoms with Gasteiger partial charge >= 0.3 is 0 Å². The molecule has 1 aromatic heterocycles. The number of aryl methyl sites for hydroxylation is 2. The number of pyridine rings is 1. The van der Waals surface area contributed by atoms with Crippen LogP contribution >= 0.6 is 0 Å². The molecule has 0 spiro atoms. The van der Waals surface area contributed by atoms with Crippen molar-refractivity contribution in [2.45, 2.75) is 26.9 Å². The fourth-order valence-electron chi connectivity index (χ4n) is 2.74. The molecule has 2 aromatic carbocycles. The summed E-state index contributed by atoms with van der Waals surface area (Å²) in [6, 6.07) is 19.9. The summed E-state index contributed by atoms with van der Waals surface area (Å²) in [5.74, 6) is -0.173. The lowest BCUT2D eigenvalue weighted by atomic mass is 10.1. The van der Waals surface area contributed by atoms with Gasteiger partial charge in [0.1, 0.15) is 5.69 Å². The molecule has 0 saturated carbocycles. The van der Waals surface area contributed by atoms with Crippen LogP contribution in [0.2, 0.25) is 0 Å². The average Bonchev–Trinajstić information content (AvgIpc) is 2.67. The van der Waals surface area contributed by atoms with Crippen LogP contribution in [0.1, 0.15) is 32.7 Å². The van der Waals surface area contributed by atoms with Gasteiger partial charge < -0.3 is 10.6 Å². The Morgan fingerprint density at radius 1 is 0.885 bits per heavy atom. The zero-order valence-electron chi connectivity index (χ0n) is 15.1. The number of carbonyl (C=O) groups excluding carboxylic acids is 1. The Kier molecular flexibility index (Phi) is 5.64. The van der Waals surface area contributed by atoms with Crippen LogP contribution in [-0.2, 0) is 13.1 Å². The molecule has 0 aliphatic rings. The topological polar surface area (TPSA) is 54.0 Å². The molecule has 132 valence electrons. The van der Waals surface area contributed by atoms with E-state index in [2.05, 4.69) is 34.7 Å². The molecular formula is C22H23N3O. The van der Waals surface area contributed by atoms with Gasteiger partial charge in [-0.25, -0.2) is 0 Å². The molecule has 3 aromatic rings. The summed E-state index contributed by atoms with van der Waals surface area (Å²) >= 11 is 0. The van der Waals surface area contributed by atoms with Gasteiger partial charge in [-0.05, 0) is 48.2 Å². The summed E-state index contributed by atoms with van der Waals surface area (Å²) in [5, 5.41) is 6.30. The van der Waals surface area contributed by atoms with Crippen LogP contribution in [0.25, 0.3) is 0 Å². The van der Waals surface area contributed by atoms with Crippen molar-refractivity contribution in [1.82, 2.24) is 10.3 Å². The monoisotopic (exact) mass is 345 g/mol. The normalized spacial score (nSPS) is 10.4. The van der Waals surface area contributed by atoms with Crippen LogP contribution in [-0.4, -0.2) is 10.9 Å². The molecule has 0 radical (unpaired) electrons. The molecule has 0 saturated heterocycles. The number of benzene rings is 2. The molecule has 0 bridgehead atoms. The predicted octanol–water partition coefficient (Wildman–Crippen LogP) is 4.24. The van der Waals surface area contributed by atoms with E-state index in [0.29, 0.717) is 18.8 Å². The van der Waals surface area contributed by atoms with E-state index in [0.717, 1.165) is 16.8 Å². The van der Waals surface area contributed by atoms with Gasteiger partial charge in [-0.1, -0.05) is 48.5 Å². The van der Waals surface area contributed by atoms with Crippen molar-refractivity contribution in [3.63, 3.8) is 0 Å². The van der Waals surface area contributed by atoms with Crippen molar-refractivity contribution in [2.75, 3.05) is 5.32 Å². The molecule has 0 aliphatic heterocycles. The number of aromatic nitrogens is 1. The summed E-state index contributed by atoms with van der Waals surface area (Å²) in [6.45, 7) is 5.33. The first-order chi connectivity index (χ1) is 12.6. The van der Waals surface area contributed by atoms with Gasteiger partial charge in [0, 0.05) is 25.0 Å². The minimum Gasteiger partial charge on any atom is -0.381 e. The second-order valence-electron chi connectivity index (χ2n) is 6.32. The van der Waals surface area contributed by atoms with E-state index in [1.165, 1.54) is 11.1 Å². The van der Waals surface area contributed by atoms with E-state index in [-0.39, 0.29) is 5.91 Å². The summed E-state index contributed by atoms with van der Waals surface area (Å²) in [7, 11) is 0. The lowest BCUT2D eigenvalue weighted by Gasteiger charge is -2.11. The number of nitrogens with zero attached hydrogens (tertiary/aromatic N) is 1. The van der Waals surface area contributed by atoms with Crippen molar-refractivity contribution in [3.05, 3.63) is 94.8 Å². The molecule has 1 heterocycles. The van der Waals surface area contributed by atoms with Crippen LogP contribution in [0.4, 0.5) is 5.69 Å². The maximum atomic E-state index is 12.4. The van der Waals surface area contributed by atoms with Crippen LogP contribution in [0.15, 0.2) is 66.9 Å². The lowest BCUT2D eigenvalue weighted by Crippen LogP contribution is -2.24. The fourth-order valence-corrected chi connectivity index (χ4v) is 2.74. The number of nitrogens with one attached hydrogen (secondary N) is 2. The molecule has 1 amide bonds. The lowest BCUT2D eigenvalue weighted by molar-refractivity contribution is 0.0946. The van der Waals surface area contributed by atoms with E-state index >= 15 is 0 Å². The highest BCUT2D eigenvalue weighted by molar-refractivity contribution is 5.93. The first-order valence-electron chi connectivity index (χ1n) is 8.70. The molecule has 0 atom stereocenters. The van der Waals surface area contributed by atoms with Crippen molar-refractivity contribution < 1.29 is 4.79 Å². The molecule has 3 rings (SSSR count). The quantitative estimate of drug-likeness (QED) is 0.702. The maximum Gasteiger partial charge on any atom is 0.270 e. The van der Waals surface area contributed by atoms with Crippen molar-refractivity contribution in [3.8, 4) is 0 Å².